The molecular formula is C5H4O2S. The third kappa shape index (κ3) is 0.767. The zero-order valence-corrected chi connectivity index (χ0v) is 4.96. The Hall–Kier alpha value is -0.700. The van der Waals surface area contributed by atoms with Crippen LogP contribution in [0.15, 0.2) is 12.2 Å². The van der Waals surface area contributed by atoms with E-state index in [-0.39, 0.29) is 17.4 Å². The van der Waals surface area contributed by atoms with Gasteiger partial charge in [-0.1, -0.05) is 6.58 Å². The molecule has 3 heteroatoms. The Bertz CT molecular complexity index is 153. The van der Waals surface area contributed by atoms with Crippen molar-refractivity contribution >= 4 is 23.2 Å². The van der Waals surface area contributed by atoms with Crippen LogP contribution in [0.3, 0.4) is 0 Å². The van der Waals surface area contributed by atoms with Crippen LogP contribution in [0.4, 0.5) is 0 Å². The first-order valence-electron chi connectivity index (χ1n) is 2.13. The lowest BCUT2D eigenvalue weighted by molar-refractivity contribution is -0.132. The van der Waals surface area contributed by atoms with Crippen molar-refractivity contribution in [3.63, 3.8) is 0 Å². The van der Waals surface area contributed by atoms with E-state index in [0.29, 0.717) is 5.57 Å². The van der Waals surface area contributed by atoms with Crippen LogP contribution in [-0.2, 0) is 9.53 Å². The molecule has 1 fully saturated rings. The molecule has 1 aliphatic rings. The lowest BCUT2D eigenvalue weighted by atomic mass is 10.3. The van der Waals surface area contributed by atoms with Crippen LogP contribution < -0.4 is 0 Å². The van der Waals surface area contributed by atoms with Gasteiger partial charge in [0.25, 0.3) is 0 Å². The van der Waals surface area contributed by atoms with E-state index >= 15 is 0 Å². The first-order chi connectivity index (χ1) is 3.70. The molecule has 8 heavy (non-hydrogen) atoms. The summed E-state index contributed by atoms with van der Waals surface area (Å²) in [7, 11) is 0. The third-order valence-corrected chi connectivity index (χ3v) is 1.22. The highest BCUT2D eigenvalue weighted by Crippen LogP contribution is 2.12. The van der Waals surface area contributed by atoms with E-state index in [4.69, 9.17) is 0 Å². The van der Waals surface area contributed by atoms with Gasteiger partial charge in [-0.25, -0.2) is 0 Å². The summed E-state index contributed by atoms with van der Waals surface area (Å²) in [4.78, 5) is 10.3. The van der Waals surface area contributed by atoms with E-state index in [1.54, 1.807) is 0 Å². The molecule has 0 radical (unpaired) electrons. The van der Waals surface area contributed by atoms with Gasteiger partial charge in [0.1, 0.15) is 0 Å². The second-order valence-corrected chi connectivity index (χ2v) is 1.91. The zero-order valence-electron chi connectivity index (χ0n) is 4.14. The van der Waals surface area contributed by atoms with Gasteiger partial charge in [0.15, 0.2) is 5.05 Å². The molecule has 0 unspecified atom stereocenters. The Morgan fingerprint density at radius 1 is 1.75 bits per heavy atom. The summed E-state index contributed by atoms with van der Waals surface area (Å²) in [6.45, 7) is 3.50. The first-order valence-corrected chi connectivity index (χ1v) is 2.54. The lowest BCUT2D eigenvalue weighted by Crippen LogP contribution is -1.93. The van der Waals surface area contributed by atoms with Crippen molar-refractivity contribution in [2.75, 3.05) is 0 Å². The topological polar surface area (TPSA) is 26.3 Å². The molecule has 1 rings (SSSR count). The van der Waals surface area contributed by atoms with Crippen molar-refractivity contribution in [1.82, 2.24) is 0 Å². The molecule has 1 aliphatic heterocycles. The van der Waals surface area contributed by atoms with Crippen molar-refractivity contribution in [2.24, 2.45) is 0 Å². The quantitative estimate of drug-likeness (QED) is 0.274. The molecule has 1 heterocycles. The standard InChI is InChI=1S/C5H4O2S/c1-3-2-4(6)7-5(3)8/h1-2H2. The van der Waals surface area contributed by atoms with E-state index < -0.39 is 0 Å². The van der Waals surface area contributed by atoms with Gasteiger partial charge in [-0.2, -0.15) is 0 Å². The van der Waals surface area contributed by atoms with Crippen molar-refractivity contribution in [1.29, 1.82) is 0 Å². The van der Waals surface area contributed by atoms with Gasteiger partial charge in [-0.15, -0.1) is 0 Å². The number of rotatable bonds is 0. The molecule has 42 valence electrons. The van der Waals surface area contributed by atoms with Gasteiger partial charge in [-0.3, -0.25) is 4.79 Å². The smallest absolute Gasteiger partial charge is 0.316 e. The van der Waals surface area contributed by atoms with Gasteiger partial charge in [0.05, 0.1) is 6.42 Å². The van der Waals surface area contributed by atoms with E-state index in [9.17, 15) is 4.79 Å². The fourth-order valence-corrected chi connectivity index (χ4v) is 0.623. The Morgan fingerprint density at radius 2 is 2.38 bits per heavy atom. The van der Waals surface area contributed by atoms with Crippen molar-refractivity contribution in [2.45, 2.75) is 6.42 Å². The van der Waals surface area contributed by atoms with Gasteiger partial charge in [0, 0.05) is 5.57 Å². The average Bonchev–Trinajstić information content (AvgIpc) is 1.85. The first kappa shape index (κ1) is 5.44. The molecule has 0 aliphatic carbocycles. The molecule has 0 spiro atoms. The van der Waals surface area contributed by atoms with Crippen molar-refractivity contribution in [3.8, 4) is 0 Å². The van der Waals surface area contributed by atoms with E-state index in [1.165, 1.54) is 0 Å². The van der Waals surface area contributed by atoms with Crippen molar-refractivity contribution in [3.05, 3.63) is 12.2 Å². The minimum Gasteiger partial charge on any atom is -0.414 e. The Kier molecular flexibility index (Phi) is 1.13. The number of cyclic esters (lactones) is 1. The minimum absolute atomic E-state index is 0.245. The maximum Gasteiger partial charge on any atom is 0.316 e. The summed E-state index contributed by atoms with van der Waals surface area (Å²) in [5, 5.41) is 0.245. The summed E-state index contributed by atoms with van der Waals surface area (Å²) in [5.74, 6) is -0.292. The molecule has 0 saturated carbocycles. The number of esters is 1. The SMILES string of the molecule is C=C1CC(=O)OC1=S. The highest BCUT2D eigenvalue weighted by atomic mass is 32.1. The molecule has 2 nitrogen and oxygen atoms in total. The monoisotopic (exact) mass is 128 g/mol. The molecule has 0 N–H and O–H groups in total. The lowest BCUT2D eigenvalue weighted by Gasteiger charge is -1.84. The predicted molar refractivity (Wildman–Crippen MR) is 32.4 cm³/mol. The number of hydrogen-bond donors (Lipinski definition) is 0. The Labute approximate surface area is 52.1 Å². The Balaban J connectivity index is 2.79. The van der Waals surface area contributed by atoms with Crippen LogP contribution in [0.2, 0.25) is 0 Å². The summed E-state index contributed by atoms with van der Waals surface area (Å²) in [6.07, 6.45) is 0.263. The molecule has 0 bridgehead atoms. The van der Waals surface area contributed by atoms with Crippen LogP contribution in [0.1, 0.15) is 6.42 Å². The maximum absolute atomic E-state index is 10.3. The number of carbonyl (C=O) groups is 1. The Morgan fingerprint density at radius 3 is 2.50 bits per heavy atom. The van der Waals surface area contributed by atoms with Crippen LogP contribution in [0, 0.1) is 0 Å². The highest BCUT2D eigenvalue weighted by Gasteiger charge is 2.20. The van der Waals surface area contributed by atoms with Crippen LogP contribution >= 0.6 is 12.2 Å². The van der Waals surface area contributed by atoms with Gasteiger partial charge in [-0.05, 0) is 12.2 Å². The molecule has 1 saturated heterocycles. The summed E-state index contributed by atoms with van der Waals surface area (Å²) in [5.41, 5.74) is 0.616. The van der Waals surface area contributed by atoms with Gasteiger partial charge < -0.3 is 4.74 Å². The second kappa shape index (κ2) is 1.67. The fourth-order valence-electron chi connectivity index (χ4n) is 0.458. The maximum atomic E-state index is 10.3. The normalized spacial score (nSPS) is 19.2. The number of carbonyl (C=O) groups excluding carboxylic acids is 1. The summed E-state index contributed by atoms with van der Waals surface area (Å²) >= 11 is 4.58. The zero-order chi connectivity index (χ0) is 6.15. The molecule has 0 atom stereocenters. The van der Waals surface area contributed by atoms with Crippen molar-refractivity contribution < 1.29 is 9.53 Å². The van der Waals surface area contributed by atoms with E-state index in [1.807, 2.05) is 0 Å². The molecular weight excluding hydrogens is 124 g/mol. The number of hydrogen-bond acceptors (Lipinski definition) is 3. The molecule has 0 aromatic carbocycles. The predicted octanol–water partition coefficient (Wildman–Crippen LogP) is 0.817. The average molecular weight is 128 g/mol. The molecule has 0 amide bonds. The fraction of sp³-hybridized carbons (Fsp3) is 0.200. The van der Waals surface area contributed by atoms with Gasteiger partial charge in [0.2, 0.25) is 0 Å². The second-order valence-electron chi connectivity index (χ2n) is 1.54. The largest absolute Gasteiger partial charge is 0.414 e. The minimum atomic E-state index is -0.292. The van der Waals surface area contributed by atoms with E-state index in [0.717, 1.165) is 0 Å². The number of thiocarbonyl (C=S) groups is 1. The highest BCUT2D eigenvalue weighted by molar-refractivity contribution is 7.80. The van der Waals surface area contributed by atoms with Crippen LogP contribution in [0.5, 0.6) is 0 Å². The van der Waals surface area contributed by atoms with Crippen LogP contribution in [0.25, 0.3) is 0 Å². The van der Waals surface area contributed by atoms with E-state index in [2.05, 4.69) is 23.5 Å². The van der Waals surface area contributed by atoms with Crippen LogP contribution in [-0.4, -0.2) is 11.0 Å². The van der Waals surface area contributed by atoms with Gasteiger partial charge >= 0.3 is 5.97 Å². The number of ether oxygens (including phenoxy) is 1. The third-order valence-electron chi connectivity index (χ3n) is 0.853. The summed E-state index contributed by atoms with van der Waals surface area (Å²) < 4.78 is 4.47. The molecule has 0 aromatic heterocycles. The summed E-state index contributed by atoms with van der Waals surface area (Å²) in [6, 6.07) is 0. The molecule has 0 aromatic rings.